The lowest BCUT2D eigenvalue weighted by Crippen LogP contribution is -2.39. The lowest BCUT2D eigenvalue weighted by molar-refractivity contribution is -0.138. The number of primary amides is 1. The summed E-state index contributed by atoms with van der Waals surface area (Å²) < 4.78 is 5.41. The van der Waals surface area contributed by atoms with Crippen LogP contribution in [0.25, 0.3) is 0 Å². The number of hydrogen-bond acceptors (Lipinski definition) is 4. The number of nitrogens with zero attached hydrogens (tertiary/aromatic N) is 1. The molecule has 6 nitrogen and oxygen atoms in total. The van der Waals surface area contributed by atoms with Gasteiger partial charge < -0.3 is 15.6 Å². The van der Waals surface area contributed by atoms with Gasteiger partial charge in [0.2, 0.25) is 5.91 Å². The zero-order chi connectivity index (χ0) is 15.1. The highest BCUT2D eigenvalue weighted by molar-refractivity contribution is 6.37. The molecule has 0 radical (unpaired) electrons. The molecule has 0 aromatic heterocycles. The van der Waals surface area contributed by atoms with Gasteiger partial charge in [0.05, 0.1) is 23.1 Å². The van der Waals surface area contributed by atoms with Crippen LogP contribution in [0.4, 0.5) is 0 Å². The van der Waals surface area contributed by atoms with Crippen LogP contribution in [0.15, 0.2) is 18.2 Å². The lowest BCUT2D eigenvalue weighted by atomic mass is 10.3. The van der Waals surface area contributed by atoms with Crippen LogP contribution in [0.1, 0.15) is 0 Å². The van der Waals surface area contributed by atoms with Crippen LogP contribution in [-0.4, -0.2) is 48.1 Å². The largest absolute Gasteiger partial charge is 0.489 e. The van der Waals surface area contributed by atoms with Crippen molar-refractivity contribution in [1.82, 2.24) is 4.90 Å². The molecule has 20 heavy (non-hydrogen) atoms. The smallest absolute Gasteiger partial charge is 0.317 e. The number of carbonyl (C=O) groups is 2. The number of halogens is 2. The fourth-order valence-corrected chi connectivity index (χ4v) is 2.03. The van der Waals surface area contributed by atoms with E-state index in [1.165, 1.54) is 4.90 Å². The molecule has 0 heterocycles. The van der Waals surface area contributed by atoms with E-state index in [9.17, 15) is 9.59 Å². The van der Waals surface area contributed by atoms with Gasteiger partial charge in [-0.25, -0.2) is 0 Å². The summed E-state index contributed by atoms with van der Waals surface area (Å²) in [7, 11) is 0. The van der Waals surface area contributed by atoms with Crippen molar-refractivity contribution >= 4 is 35.1 Å². The van der Waals surface area contributed by atoms with E-state index in [0.29, 0.717) is 15.8 Å². The van der Waals surface area contributed by atoms with E-state index in [4.69, 9.17) is 38.8 Å². The normalized spacial score (nSPS) is 10.6. The minimum absolute atomic E-state index is 0.129. The van der Waals surface area contributed by atoms with Gasteiger partial charge in [0.15, 0.2) is 5.75 Å². The Morgan fingerprint density at radius 2 is 1.85 bits per heavy atom. The predicted molar refractivity (Wildman–Crippen MR) is 75.2 cm³/mol. The van der Waals surface area contributed by atoms with E-state index < -0.39 is 11.9 Å². The molecule has 8 heteroatoms. The summed E-state index contributed by atoms with van der Waals surface area (Å²) in [4.78, 5) is 22.8. The number of ether oxygens (including phenoxy) is 1. The third-order valence-corrected chi connectivity index (χ3v) is 2.91. The van der Waals surface area contributed by atoms with E-state index in [0.717, 1.165) is 0 Å². The highest BCUT2D eigenvalue weighted by Crippen LogP contribution is 2.32. The molecule has 1 rings (SSSR count). The molecule has 0 unspecified atom stereocenters. The molecule has 0 saturated carbocycles. The van der Waals surface area contributed by atoms with Gasteiger partial charge in [0.25, 0.3) is 0 Å². The van der Waals surface area contributed by atoms with Crippen LogP contribution >= 0.6 is 23.2 Å². The number of nitrogens with two attached hydrogens (primary N) is 1. The topological polar surface area (TPSA) is 92.9 Å². The molecule has 1 aromatic rings. The molecule has 0 saturated heterocycles. The molecular formula is C12H14Cl2N2O4. The Morgan fingerprint density at radius 1 is 1.25 bits per heavy atom. The second-order valence-corrected chi connectivity index (χ2v) is 4.78. The first kappa shape index (κ1) is 16.6. The third-order valence-electron chi connectivity index (χ3n) is 2.31. The van der Waals surface area contributed by atoms with Crippen LogP contribution in [0, 0.1) is 0 Å². The molecule has 0 fully saturated rings. The van der Waals surface area contributed by atoms with Gasteiger partial charge in [0.1, 0.15) is 6.61 Å². The first-order valence-corrected chi connectivity index (χ1v) is 6.45. The molecule has 110 valence electrons. The monoisotopic (exact) mass is 320 g/mol. The Hall–Kier alpha value is -1.50. The molecule has 0 atom stereocenters. The number of rotatable bonds is 8. The Kier molecular flexibility index (Phi) is 6.57. The van der Waals surface area contributed by atoms with Crippen LogP contribution < -0.4 is 10.5 Å². The number of amides is 1. The average molecular weight is 321 g/mol. The quantitative estimate of drug-likeness (QED) is 0.751. The maximum atomic E-state index is 10.8. The van der Waals surface area contributed by atoms with Crippen molar-refractivity contribution in [3.8, 4) is 5.75 Å². The third kappa shape index (κ3) is 5.64. The molecule has 0 spiro atoms. The molecular weight excluding hydrogens is 307 g/mol. The highest BCUT2D eigenvalue weighted by atomic mass is 35.5. The Balaban J connectivity index is 2.55. The van der Waals surface area contributed by atoms with Crippen molar-refractivity contribution in [2.75, 3.05) is 26.2 Å². The highest BCUT2D eigenvalue weighted by Gasteiger charge is 2.13. The maximum absolute atomic E-state index is 10.8. The number of para-hydroxylation sites is 1. The van der Waals surface area contributed by atoms with Gasteiger partial charge in [0, 0.05) is 6.54 Å². The van der Waals surface area contributed by atoms with Crippen LogP contribution in [-0.2, 0) is 9.59 Å². The SMILES string of the molecule is NC(=O)CN(CCOc1c(Cl)cccc1Cl)CC(=O)O. The molecule has 3 N–H and O–H groups in total. The molecule has 0 aliphatic heterocycles. The number of hydrogen-bond donors (Lipinski definition) is 2. The molecule has 1 aromatic carbocycles. The number of carboxylic acids is 1. The van der Waals surface area contributed by atoms with Crippen LogP contribution in [0.3, 0.4) is 0 Å². The summed E-state index contributed by atoms with van der Waals surface area (Å²) >= 11 is 11.8. The van der Waals surface area contributed by atoms with Crippen molar-refractivity contribution < 1.29 is 19.4 Å². The van der Waals surface area contributed by atoms with Crippen molar-refractivity contribution in [3.63, 3.8) is 0 Å². The zero-order valence-corrected chi connectivity index (χ0v) is 12.0. The number of carbonyl (C=O) groups excluding carboxylic acids is 1. The summed E-state index contributed by atoms with van der Waals surface area (Å²) in [5.74, 6) is -1.34. The Bertz CT molecular complexity index is 460. The summed E-state index contributed by atoms with van der Waals surface area (Å²) in [5.41, 5.74) is 5.04. The second kappa shape index (κ2) is 7.94. The maximum Gasteiger partial charge on any atom is 0.317 e. The summed E-state index contributed by atoms with van der Waals surface area (Å²) in [6.07, 6.45) is 0. The van der Waals surface area contributed by atoms with E-state index >= 15 is 0 Å². The summed E-state index contributed by atoms with van der Waals surface area (Å²) in [5, 5.41) is 9.44. The average Bonchev–Trinajstić information content (AvgIpc) is 2.31. The zero-order valence-electron chi connectivity index (χ0n) is 10.5. The van der Waals surface area contributed by atoms with Gasteiger partial charge >= 0.3 is 5.97 Å². The predicted octanol–water partition coefficient (Wildman–Crippen LogP) is 1.24. The van der Waals surface area contributed by atoms with E-state index in [2.05, 4.69) is 0 Å². The second-order valence-electron chi connectivity index (χ2n) is 3.97. The first-order chi connectivity index (χ1) is 9.40. The van der Waals surface area contributed by atoms with Crippen molar-refractivity contribution in [2.45, 2.75) is 0 Å². The van der Waals surface area contributed by atoms with Crippen LogP contribution in [0.2, 0.25) is 10.0 Å². The minimum Gasteiger partial charge on any atom is -0.489 e. The van der Waals surface area contributed by atoms with Crippen LogP contribution in [0.5, 0.6) is 5.75 Å². The number of carboxylic acid groups (broad SMARTS) is 1. The van der Waals surface area contributed by atoms with E-state index in [-0.39, 0.29) is 26.2 Å². The first-order valence-electron chi connectivity index (χ1n) is 5.69. The standard InChI is InChI=1S/C12H14Cl2N2O4/c13-8-2-1-3-9(14)12(8)20-5-4-16(6-10(15)17)7-11(18)19/h1-3H,4-7H2,(H2,15,17)(H,18,19). The van der Waals surface area contributed by atoms with Gasteiger partial charge in [-0.05, 0) is 12.1 Å². The van der Waals surface area contributed by atoms with E-state index in [1.54, 1.807) is 18.2 Å². The van der Waals surface area contributed by atoms with Gasteiger partial charge in [-0.15, -0.1) is 0 Å². The van der Waals surface area contributed by atoms with E-state index in [1.807, 2.05) is 0 Å². The Labute approximate surface area is 126 Å². The van der Waals surface area contributed by atoms with Crippen molar-refractivity contribution in [2.24, 2.45) is 5.73 Å². The fourth-order valence-electron chi connectivity index (χ4n) is 1.52. The van der Waals surface area contributed by atoms with Gasteiger partial charge in [-0.1, -0.05) is 29.3 Å². The summed E-state index contributed by atoms with van der Waals surface area (Å²) in [6, 6.07) is 4.93. The lowest BCUT2D eigenvalue weighted by Gasteiger charge is -2.19. The fraction of sp³-hybridized carbons (Fsp3) is 0.333. The minimum atomic E-state index is -1.05. The molecule has 0 aliphatic carbocycles. The van der Waals surface area contributed by atoms with Gasteiger partial charge in [-0.2, -0.15) is 0 Å². The molecule has 0 bridgehead atoms. The summed E-state index contributed by atoms with van der Waals surface area (Å²) in [6.45, 7) is -0.130. The number of benzene rings is 1. The molecule has 1 amide bonds. The molecule has 0 aliphatic rings. The Morgan fingerprint density at radius 3 is 2.35 bits per heavy atom. The number of aliphatic carboxylic acids is 1. The van der Waals surface area contributed by atoms with Gasteiger partial charge in [-0.3, -0.25) is 14.5 Å². The van der Waals surface area contributed by atoms with Crippen molar-refractivity contribution in [3.05, 3.63) is 28.2 Å². The van der Waals surface area contributed by atoms with Crippen molar-refractivity contribution in [1.29, 1.82) is 0 Å².